The summed E-state index contributed by atoms with van der Waals surface area (Å²) in [5.74, 6) is -0.917. The Morgan fingerprint density at radius 2 is 2.50 bits per heavy atom. The van der Waals surface area contributed by atoms with Gasteiger partial charge in [0.05, 0.1) is 0 Å². The number of nitrogens with two attached hydrogens (primary N) is 1. The average molecular weight is 208 g/mol. The van der Waals surface area contributed by atoms with E-state index in [4.69, 9.17) is 10.8 Å². The molecular weight excluding hydrogens is 197 g/mol. The molecular formula is C6H11NO2Se. The summed E-state index contributed by atoms with van der Waals surface area (Å²) in [6.07, 6.45) is 0.557. The SMILES string of the molecule is C=C[Se]CCC(N)C(=O)O. The Kier molecular flexibility index (Phi) is 5.30. The zero-order chi connectivity index (χ0) is 7.98. The van der Waals surface area contributed by atoms with Crippen molar-refractivity contribution in [3.8, 4) is 0 Å². The van der Waals surface area contributed by atoms with E-state index in [2.05, 4.69) is 6.58 Å². The third-order valence-corrected chi connectivity index (χ3v) is 2.47. The van der Waals surface area contributed by atoms with Gasteiger partial charge in [-0.2, -0.15) is 0 Å². The minimum absolute atomic E-state index is 0.354. The van der Waals surface area contributed by atoms with Crippen LogP contribution in [-0.4, -0.2) is 32.1 Å². The van der Waals surface area contributed by atoms with E-state index in [1.54, 1.807) is 0 Å². The molecule has 0 aromatic heterocycles. The molecule has 3 N–H and O–H groups in total. The Hall–Kier alpha value is -0.311. The van der Waals surface area contributed by atoms with Gasteiger partial charge in [0, 0.05) is 0 Å². The van der Waals surface area contributed by atoms with Crippen LogP contribution in [0.2, 0.25) is 5.32 Å². The normalized spacial score (nSPS) is 12.5. The first kappa shape index (κ1) is 9.69. The fourth-order valence-electron chi connectivity index (χ4n) is 0.402. The average Bonchev–Trinajstić information content (AvgIpc) is 1.88. The molecule has 0 fully saturated rings. The summed E-state index contributed by atoms with van der Waals surface area (Å²) in [4.78, 5) is 12.0. The summed E-state index contributed by atoms with van der Waals surface area (Å²) < 4.78 is 0. The van der Waals surface area contributed by atoms with Crippen molar-refractivity contribution in [3.05, 3.63) is 11.6 Å². The van der Waals surface area contributed by atoms with Gasteiger partial charge in [-0.1, -0.05) is 0 Å². The maximum atomic E-state index is 10.1. The number of carboxylic acids is 1. The number of hydrogen-bond donors (Lipinski definition) is 2. The van der Waals surface area contributed by atoms with E-state index in [0.717, 1.165) is 5.32 Å². The van der Waals surface area contributed by atoms with Crippen molar-refractivity contribution < 1.29 is 9.90 Å². The van der Waals surface area contributed by atoms with E-state index in [1.165, 1.54) is 0 Å². The summed E-state index contributed by atoms with van der Waals surface area (Å²) in [6.45, 7) is 3.54. The molecule has 0 rings (SSSR count). The van der Waals surface area contributed by atoms with Crippen LogP contribution in [0, 0.1) is 0 Å². The van der Waals surface area contributed by atoms with E-state index in [9.17, 15) is 4.79 Å². The third kappa shape index (κ3) is 4.56. The number of rotatable bonds is 5. The molecule has 0 saturated heterocycles. The molecule has 1 atom stereocenters. The minimum atomic E-state index is -0.917. The van der Waals surface area contributed by atoms with Crippen molar-refractivity contribution in [3.63, 3.8) is 0 Å². The molecule has 0 spiro atoms. The van der Waals surface area contributed by atoms with Crippen LogP contribution in [0.4, 0.5) is 0 Å². The van der Waals surface area contributed by atoms with Gasteiger partial charge in [-0.3, -0.25) is 0 Å². The van der Waals surface area contributed by atoms with Gasteiger partial charge >= 0.3 is 65.9 Å². The first-order valence-corrected chi connectivity index (χ1v) is 5.09. The molecule has 0 aromatic carbocycles. The van der Waals surface area contributed by atoms with Crippen LogP contribution in [-0.2, 0) is 4.79 Å². The molecule has 0 amide bonds. The second-order valence-corrected chi connectivity index (χ2v) is 4.03. The van der Waals surface area contributed by atoms with Gasteiger partial charge < -0.3 is 0 Å². The van der Waals surface area contributed by atoms with Crippen LogP contribution in [0.15, 0.2) is 11.6 Å². The van der Waals surface area contributed by atoms with Gasteiger partial charge in [-0.25, -0.2) is 0 Å². The quantitative estimate of drug-likeness (QED) is 0.495. The number of carbonyl (C=O) groups is 1. The van der Waals surface area contributed by atoms with Gasteiger partial charge in [-0.05, 0) is 0 Å². The van der Waals surface area contributed by atoms with Crippen LogP contribution < -0.4 is 5.73 Å². The molecule has 0 bridgehead atoms. The predicted molar refractivity (Wildman–Crippen MR) is 41.0 cm³/mol. The van der Waals surface area contributed by atoms with E-state index in [-0.39, 0.29) is 0 Å². The van der Waals surface area contributed by atoms with Crippen molar-refractivity contribution in [2.45, 2.75) is 17.8 Å². The van der Waals surface area contributed by atoms with Crippen LogP contribution in [0.1, 0.15) is 6.42 Å². The van der Waals surface area contributed by atoms with Gasteiger partial charge in [0.15, 0.2) is 0 Å². The fraction of sp³-hybridized carbons (Fsp3) is 0.500. The van der Waals surface area contributed by atoms with Gasteiger partial charge in [0.1, 0.15) is 0 Å². The van der Waals surface area contributed by atoms with Gasteiger partial charge in [0.25, 0.3) is 0 Å². The fourth-order valence-corrected chi connectivity index (χ4v) is 1.57. The van der Waals surface area contributed by atoms with Gasteiger partial charge in [0.2, 0.25) is 0 Å². The molecule has 0 aromatic rings. The molecule has 1 unspecified atom stereocenters. The Labute approximate surface area is 66.5 Å². The van der Waals surface area contributed by atoms with E-state index < -0.39 is 12.0 Å². The monoisotopic (exact) mass is 209 g/mol. The van der Waals surface area contributed by atoms with Crippen LogP contribution >= 0.6 is 0 Å². The molecule has 0 aliphatic carbocycles. The first-order chi connectivity index (χ1) is 4.68. The van der Waals surface area contributed by atoms with Crippen molar-refractivity contribution in [1.82, 2.24) is 0 Å². The van der Waals surface area contributed by atoms with E-state index in [1.807, 2.05) is 4.97 Å². The molecule has 0 aliphatic heterocycles. The summed E-state index contributed by atoms with van der Waals surface area (Å²) in [5, 5.41) is 9.20. The van der Waals surface area contributed by atoms with E-state index >= 15 is 0 Å². The topological polar surface area (TPSA) is 63.3 Å². The maximum absolute atomic E-state index is 10.1. The Morgan fingerprint density at radius 1 is 1.90 bits per heavy atom. The zero-order valence-electron chi connectivity index (χ0n) is 5.62. The van der Waals surface area contributed by atoms with E-state index in [0.29, 0.717) is 21.4 Å². The number of hydrogen-bond acceptors (Lipinski definition) is 2. The van der Waals surface area contributed by atoms with Crippen molar-refractivity contribution in [2.24, 2.45) is 5.73 Å². The Morgan fingerprint density at radius 3 is 2.90 bits per heavy atom. The summed E-state index contributed by atoms with van der Waals surface area (Å²) >= 11 is 0.354. The number of carboxylic acid groups (broad SMARTS) is 1. The molecule has 58 valence electrons. The van der Waals surface area contributed by atoms with Crippen LogP contribution in [0.3, 0.4) is 0 Å². The molecule has 3 nitrogen and oxygen atoms in total. The summed E-state index contributed by atoms with van der Waals surface area (Å²) in [6, 6.07) is -0.693. The Balaban J connectivity index is 3.30. The van der Waals surface area contributed by atoms with Crippen LogP contribution in [0.25, 0.3) is 0 Å². The molecule has 0 saturated carbocycles. The van der Waals surface area contributed by atoms with Crippen molar-refractivity contribution in [1.29, 1.82) is 0 Å². The molecule has 0 aliphatic rings. The van der Waals surface area contributed by atoms with Crippen molar-refractivity contribution >= 4 is 20.9 Å². The molecule has 0 radical (unpaired) electrons. The summed E-state index contributed by atoms with van der Waals surface area (Å²) in [5.41, 5.74) is 5.23. The molecule has 4 heteroatoms. The van der Waals surface area contributed by atoms with Gasteiger partial charge in [-0.15, -0.1) is 0 Å². The molecule has 0 heterocycles. The second-order valence-electron chi connectivity index (χ2n) is 1.77. The summed E-state index contributed by atoms with van der Waals surface area (Å²) in [7, 11) is 0. The predicted octanol–water partition coefficient (Wildman–Crippen LogP) is 0.0544. The third-order valence-electron chi connectivity index (χ3n) is 0.982. The zero-order valence-corrected chi connectivity index (χ0v) is 7.33. The second kappa shape index (κ2) is 5.47. The standard InChI is InChI=1S/C6H11NO2Se/c1-2-10-4-3-5(7)6(8)9/h2,5H,1,3-4,7H2,(H,8,9). The van der Waals surface area contributed by atoms with Crippen molar-refractivity contribution in [2.75, 3.05) is 0 Å². The Bertz CT molecular complexity index is 127. The number of aliphatic carboxylic acids is 1. The van der Waals surface area contributed by atoms with Crippen LogP contribution in [0.5, 0.6) is 0 Å². The molecule has 10 heavy (non-hydrogen) atoms. The first-order valence-electron chi connectivity index (χ1n) is 2.89.